The minimum atomic E-state index is -3.07. The first kappa shape index (κ1) is 14.8. The Morgan fingerprint density at radius 3 is 2.20 bits per heavy atom. The molecular formula is C15H28N2O2S. The van der Waals surface area contributed by atoms with Crippen LogP contribution in [0.25, 0.3) is 0 Å². The van der Waals surface area contributed by atoms with E-state index >= 15 is 0 Å². The molecule has 3 rings (SSSR count). The molecule has 3 aliphatic rings. The molecule has 1 saturated carbocycles. The van der Waals surface area contributed by atoms with Gasteiger partial charge in [0.15, 0.2) is 0 Å². The van der Waals surface area contributed by atoms with E-state index in [1.54, 1.807) is 4.31 Å². The Morgan fingerprint density at radius 1 is 1.00 bits per heavy atom. The molecule has 2 aliphatic heterocycles. The maximum atomic E-state index is 12.6. The normalized spacial score (nSPS) is 35.6. The van der Waals surface area contributed by atoms with Crippen LogP contribution in [0.15, 0.2) is 0 Å². The number of piperidine rings is 1. The predicted molar refractivity (Wildman–Crippen MR) is 81.1 cm³/mol. The summed E-state index contributed by atoms with van der Waals surface area (Å²) < 4.78 is 27.0. The summed E-state index contributed by atoms with van der Waals surface area (Å²) >= 11 is 0. The van der Waals surface area contributed by atoms with Gasteiger partial charge in [0.2, 0.25) is 10.0 Å². The lowest BCUT2D eigenvalue weighted by atomic mass is 9.91. The van der Waals surface area contributed by atoms with Crippen LogP contribution in [-0.2, 0) is 10.0 Å². The molecule has 2 unspecified atom stereocenters. The van der Waals surface area contributed by atoms with Gasteiger partial charge in [-0.15, -0.1) is 0 Å². The molecule has 0 radical (unpaired) electrons. The first-order valence-corrected chi connectivity index (χ1v) is 9.87. The van der Waals surface area contributed by atoms with Gasteiger partial charge in [0.1, 0.15) is 0 Å². The largest absolute Gasteiger partial charge is 0.311 e. The minimum Gasteiger partial charge on any atom is -0.311 e. The fourth-order valence-electron chi connectivity index (χ4n) is 4.32. The molecule has 0 spiro atoms. The molecule has 0 aromatic heterocycles. The molecule has 20 heavy (non-hydrogen) atoms. The van der Waals surface area contributed by atoms with E-state index in [-0.39, 0.29) is 6.04 Å². The fraction of sp³-hybridized carbons (Fsp3) is 1.00. The van der Waals surface area contributed by atoms with Crippen molar-refractivity contribution in [1.82, 2.24) is 9.62 Å². The van der Waals surface area contributed by atoms with Crippen LogP contribution in [0.2, 0.25) is 0 Å². The highest BCUT2D eigenvalue weighted by molar-refractivity contribution is 7.89. The minimum absolute atomic E-state index is 0.224. The molecule has 1 N–H and O–H groups in total. The van der Waals surface area contributed by atoms with Crippen molar-refractivity contribution >= 4 is 10.0 Å². The third-order valence-corrected chi connectivity index (χ3v) is 7.64. The maximum absolute atomic E-state index is 12.6. The van der Waals surface area contributed by atoms with E-state index in [2.05, 4.69) is 5.32 Å². The second kappa shape index (κ2) is 5.93. The number of rotatable bonds is 4. The van der Waals surface area contributed by atoms with Gasteiger partial charge in [0, 0.05) is 25.2 Å². The standard InChI is InChI=1S/C15H28N2O2S/c1-17(15-9-13-7-8-14(10-15)16-13)20(18,19)11-12-5-3-2-4-6-12/h12-16H,2-11H2,1H3. The highest BCUT2D eigenvalue weighted by Gasteiger charge is 2.38. The van der Waals surface area contributed by atoms with Crippen molar-refractivity contribution in [2.45, 2.75) is 75.9 Å². The van der Waals surface area contributed by atoms with Crippen molar-refractivity contribution in [1.29, 1.82) is 0 Å². The molecule has 5 heteroatoms. The molecule has 2 atom stereocenters. The monoisotopic (exact) mass is 300 g/mol. The molecule has 4 nitrogen and oxygen atoms in total. The van der Waals surface area contributed by atoms with E-state index in [1.165, 1.54) is 32.1 Å². The Kier molecular flexibility index (Phi) is 4.39. The predicted octanol–water partition coefficient (Wildman–Crippen LogP) is 2.11. The van der Waals surface area contributed by atoms with Crippen LogP contribution in [0, 0.1) is 5.92 Å². The number of hydrogen-bond acceptors (Lipinski definition) is 3. The molecule has 1 aliphatic carbocycles. The fourth-order valence-corrected chi connectivity index (χ4v) is 6.11. The summed E-state index contributed by atoms with van der Waals surface area (Å²) in [7, 11) is -1.26. The van der Waals surface area contributed by atoms with Crippen molar-refractivity contribution in [2.24, 2.45) is 5.92 Å². The summed E-state index contributed by atoms with van der Waals surface area (Å²) in [5.74, 6) is 0.776. The number of hydrogen-bond donors (Lipinski definition) is 1. The Balaban J connectivity index is 1.61. The van der Waals surface area contributed by atoms with Gasteiger partial charge in [-0.1, -0.05) is 19.3 Å². The lowest BCUT2D eigenvalue weighted by Gasteiger charge is -2.35. The molecule has 0 aromatic rings. The summed E-state index contributed by atoms with van der Waals surface area (Å²) in [6.07, 6.45) is 10.3. The SMILES string of the molecule is CN(C1CC2CCC(C1)N2)S(=O)(=O)CC1CCCCC1. The van der Waals surface area contributed by atoms with Crippen LogP contribution in [0.4, 0.5) is 0 Å². The highest BCUT2D eigenvalue weighted by atomic mass is 32.2. The number of fused-ring (bicyclic) bond motifs is 2. The van der Waals surface area contributed by atoms with Crippen molar-refractivity contribution in [3.8, 4) is 0 Å². The average Bonchev–Trinajstić information content (AvgIpc) is 2.77. The number of nitrogens with zero attached hydrogens (tertiary/aromatic N) is 1. The summed E-state index contributed by atoms with van der Waals surface area (Å²) in [5, 5.41) is 3.59. The van der Waals surface area contributed by atoms with Gasteiger partial charge in [-0.2, -0.15) is 0 Å². The van der Waals surface area contributed by atoms with Gasteiger partial charge in [-0.3, -0.25) is 0 Å². The summed E-state index contributed by atoms with van der Waals surface area (Å²) in [6, 6.07) is 1.32. The highest BCUT2D eigenvalue weighted by Crippen LogP contribution is 2.32. The molecular weight excluding hydrogens is 272 g/mol. The third kappa shape index (κ3) is 3.20. The van der Waals surface area contributed by atoms with Crippen LogP contribution in [0.5, 0.6) is 0 Å². The second-order valence-electron chi connectivity index (χ2n) is 7.06. The third-order valence-electron chi connectivity index (χ3n) is 5.57. The topological polar surface area (TPSA) is 49.4 Å². The van der Waals surface area contributed by atoms with Gasteiger partial charge in [-0.25, -0.2) is 12.7 Å². The molecule has 0 aromatic carbocycles. The van der Waals surface area contributed by atoms with Gasteiger partial charge in [0.25, 0.3) is 0 Å². The molecule has 2 saturated heterocycles. The van der Waals surface area contributed by atoms with Crippen LogP contribution in [-0.4, -0.2) is 43.6 Å². The van der Waals surface area contributed by atoms with Gasteiger partial charge in [-0.05, 0) is 44.4 Å². The van der Waals surface area contributed by atoms with E-state index in [4.69, 9.17) is 0 Å². The molecule has 0 amide bonds. The zero-order valence-corrected chi connectivity index (χ0v) is 13.4. The molecule has 3 fully saturated rings. The van der Waals surface area contributed by atoms with Gasteiger partial charge < -0.3 is 5.32 Å². The van der Waals surface area contributed by atoms with Crippen molar-refractivity contribution in [2.75, 3.05) is 12.8 Å². The van der Waals surface area contributed by atoms with E-state index in [0.29, 0.717) is 23.8 Å². The number of nitrogens with one attached hydrogen (secondary N) is 1. The first-order chi connectivity index (χ1) is 9.54. The molecule has 116 valence electrons. The van der Waals surface area contributed by atoms with Crippen molar-refractivity contribution in [3.63, 3.8) is 0 Å². The first-order valence-electron chi connectivity index (χ1n) is 8.26. The van der Waals surface area contributed by atoms with Crippen LogP contribution in [0.1, 0.15) is 57.8 Å². The lowest BCUT2D eigenvalue weighted by Crippen LogP contribution is -2.49. The summed E-state index contributed by atoms with van der Waals surface area (Å²) in [5.41, 5.74) is 0. The Morgan fingerprint density at radius 2 is 1.60 bits per heavy atom. The molecule has 2 heterocycles. The van der Waals surface area contributed by atoms with Crippen LogP contribution in [0.3, 0.4) is 0 Å². The molecule has 2 bridgehead atoms. The Labute approximate surface area is 123 Å². The summed E-state index contributed by atoms with van der Waals surface area (Å²) in [4.78, 5) is 0. The van der Waals surface area contributed by atoms with Crippen molar-refractivity contribution < 1.29 is 8.42 Å². The smallest absolute Gasteiger partial charge is 0.214 e. The van der Waals surface area contributed by atoms with Gasteiger partial charge >= 0.3 is 0 Å². The average molecular weight is 300 g/mol. The van der Waals surface area contributed by atoms with E-state index in [1.807, 2.05) is 7.05 Å². The maximum Gasteiger partial charge on any atom is 0.214 e. The second-order valence-corrected chi connectivity index (χ2v) is 9.14. The van der Waals surface area contributed by atoms with Crippen molar-refractivity contribution in [3.05, 3.63) is 0 Å². The van der Waals surface area contributed by atoms with Crippen LogP contribution < -0.4 is 5.32 Å². The van der Waals surface area contributed by atoms with E-state index in [0.717, 1.165) is 25.7 Å². The van der Waals surface area contributed by atoms with Crippen LogP contribution >= 0.6 is 0 Å². The van der Waals surface area contributed by atoms with E-state index in [9.17, 15) is 8.42 Å². The zero-order chi connectivity index (χ0) is 14.2. The zero-order valence-electron chi connectivity index (χ0n) is 12.6. The number of sulfonamides is 1. The quantitative estimate of drug-likeness (QED) is 0.865. The summed E-state index contributed by atoms with van der Waals surface area (Å²) in [6.45, 7) is 0. The van der Waals surface area contributed by atoms with Gasteiger partial charge in [0.05, 0.1) is 5.75 Å². The Bertz CT molecular complexity index is 419. The lowest BCUT2D eigenvalue weighted by molar-refractivity contribution is 0.249. The Hall–Kier alpha value is -0.130. The van der Waals surface area contributed by atoms with E-state index < -0.39 is 10.0 Å².